The van der Waals surface area contributed by atoms with Crippen molar-refractivity contribution in [2.45, 2.75) is 64.3 Å². The molecular formula is C19H29N3O. The molecule has 3 rings (SSSR count). The molecule has 1 saturated carbocycles. The number of anilines is 1. The van der Waals surface area contributed by atoms with Crippen LogP contribution in [0.15, 0.2) is 18.3 Å². The lowest BCUT2D eigenvalue weighted by atomic mass is 9.84. The van der Waals surface area contributed by atoms with Gasteiger partial charge in [0.25, 0.3) is 0 Å². The molecule has 4 heteroatoms. The topological polar surface area (TPSA) is 45.2 Å². The van der Waals surface area contributed by atoms with Crippen LogP contribution in [0.3, 0.4) is 0 Å². The molecule has 4 nitrogen and oxygen atoms in total. The Labute approximate surface area is 139 Å². The van der Waals surface area contributed by atoms with Gasteiger partial charge in [0.05, 0.1) is 0 Å². The molecule has 0 unspecified atom stereocenters. The summed E-state index contributed by atoms with van der Waals surface area (Å²) < 4.78 is 0. The summed E-state index contributed by atoms with van der Waals surface area (Å²) in [7, 11) is 0. The van der Waals surface area contributed by atoms with Gasteiger partial charge in [0.15, 0.2) is 0 Å². The third kappa shape index (κ3) is 3.85. The molecule has 0 spiro atoms. The van der Waals surface area contributed by atoms with Crippen LogP contribution < -0.4 is 5.32 Å². The highest BCUT2D eigenvalue weighted by atomic mass is 16.2. The Bertz CT molecular complexity index is 552. The first kappa shape index (κ1) is 16.3. The summed E-state index contributed by atoms with van der Waals surface area (Å²) in [6.45, 7) is 8.42. The van der Waals surface area contributed by atoms with E-state index >= 15 is 0 Å². The normalized spacial score (nSPS) is 20.2. The molecule has 0 aromatic carbocycles. The number of nitrogens with zero attached hydrogens (tertiary/aromatic N) is 2. The van der Waals surface area contributed by atoms with Crippen LogP contribution in [-0.2, 0) is 10.2 Å². The monoisotopic (exact) mass is 315 g/mol. The molecule has 1 saturated heterocycles. The second-order valence-corrected chi connectivity index (χ2v) is 8.05. The predicted molar refractivity (Wildman–Crippen MR) is 93.5 cm³/mol. The molecule has 1 aromatic rings. The number of carbonyl (C=O) groups excluding carboxylic acids is 1. The largest absolute Gasteiger partial charge is 0.367 e. The van der Waals surface area contributed by atoms with Gasteiger partial charge in [-0.05, 0) is 48.8 Å². The number of carbonyl (C=O) groups is 1. The summed E-state index contributed by atoms with van der Waals surface area (Å²) >= 11 is 0. The van der Waals surface area contributed by atoms with Crippen LogP contribution in [0.5, 0.6) is 0 Å². The molecule has 0 bridgehead atoms. The highest BCUT2D eigenvalue weighted by Gasteiger charge is 2.31. The van der Waals surface area contributed by atoms with Gasteiger partial charge in [0.1, 0.15) is 5.82 Å². The van der Waals surface area contributed by atoms with Crippen molar-refractivity contribution in [1.82, 2.24) is 9.88 Å². The molecular weight excluding hydrogens is 286 g/mol. The predicted octanol–water partition coefficient (Wildman–Crippen LogP) is 3.58. The van der Waals surface area contributed by atoms with Crippen LogP contribution in [0.2, 0.25) is 0 Å². The number of rotatable bonds is 3. The average molecular weight is 315 g/mol. The fourth-order valence-corrected chi connectivity index (χ4v) is 3.34. The van der Waals surface area contributed by atoms with Gasteiger partial charge in [-0.25, -0.2) is 4.98 Å². The number of hydrogen-bond acceptors (Lipinski definition) is 3. The summed E-state index contributed by atoms with van der Waals surface area (Å²) in [5, 5.41) is 3.56. The Balaban J connectivity index is 1.53. The Morgan fingerprint density at radius 2 is 1.91 bits per heavy atom. The van der Waals surface area contributed by atoms with E-state index in [9.17, 15) is 4.79 Å². The Kier molecular flexibility index (Phi) is 4.60. The van der Waals surface area contributed by atoms with Gasteiger partial charge < -0.3 is 10.2 Å². The van der Waals surface area contributed by atoms with E-state index in [1.54, 1.807) is 0 Å². The minimum absolute atomic E-state index is 0.137. The summed E-state index contributed by atoms with van der Waals surface area (Å²) in [5.41, 5.74) is 1.44. The third-order valence-electron chi connectivity index (χ3n) is 5.24. The summed E-state index contributed by atoms with van der Waals surface area (Å²) in [6.07, 6.45) is 7.34. The smallest absolute Gasteiger partial charge is 0.225 e. The fraction of sp³-hybridized carbons (Fsp3) is 0.684. The van der Waals surface area contributed by atoms with Crippen molar-refractivity contribution in [3.8, 4) is 0 Å². The van der Waals surface area contributed by atoms with E-state index in [1.165, 1.54) is 12.0 Å². The zero-order valence-electron chi connectivity index (χ0n) is 14.6. The lowest BCUT2D eigenvalue weighted by Crippen LogP contribution is -2.46. The number of aromatic nitrogens is 1. The Morgan fingerprint density at radius 3 is 2.48 bits per heavy atom. The highest BCUT2D eigenvalue weighted by Crippen LogP contribution is 2.30. The third-order valence-corrected chi connectivity index (χ3v) is 5.24. The fourth-order valence-electron chi connectivity index (χ4n) is 3.34. The van der Waals surface area contributed by atoms with Crippen molar-refractivity contribution in [3.05, 3.63) is 23.9 Å². The van der Waals surface area contributed by atoms with Gasteiger partial charge in [0.2, 0.25) is 5.91 Å². The van der Waals surface area contributed by atoms with Gasteiger partial charge in [-0.2, -0.15) is 0 Å². The van der Waals surface area contributed by atoms with Crippen molar-refractivity contribution in [2.24, 2.45) is 5.92 Å². The van der Waals surface area contributed by atoms with E-state index in [2.05, 4.69) is 48.1 Å². The molecule has 1 aromatic heterocycles. The molecule has 23 heavy (non-hydrogen) atoms. The molecule has 2 aliphatic rings. The molecule has 1 N–H and O–H groups in total. The lowest BCUT2D eigenvalue weighted by molar-refractivity contribution is -0.139. The zero-order chi connectivity index (χ0) is 16.4. The van der Waals surface area contributed by atoms with E-state index < -0.39 is 0 Å². The van der Waals surface area contributed by atoms with E-state index in [4.69, 9.17) is 0 Å². The van der Waals surface area contributed by atoms with Crippen molar-refractivity contribution >= 4 is 11.7 Å². The maximum Gasteiger partial charge on any atom is 0.225 e. The molecule has 2 heterocycles. The molecule has 1 amide bonds. The maximum atomic E-state index is 12.3. The van der Waals surface area contributed by atoms with E-state index in [1.807, 2.05) is 6.20 Å². The average Bonchev–Trinajstić information content (AvgIpc) is 2.45. The molecule has 126 valence electrons. The first-order valence-corrected chi connectivity index (χ1v) is 8.95. The Morgan fingerprint density at radius 1 is 1.22 bits per heavy atom. The van der Waals surface area contributed by atoms with Gasteiger partial charge in [-0.3, -0.25) is 4.79 Å². The first-order chi connectivity index (χ1) is 10.9. The number of nitrogens with one attached hydrogen (secondary N) is 1. The van der Waals surface area contributed by atoms with Crippen LogP contribution in [0, 0.1) is 5.92 Å². The van der Waals surface area contributed by atoms with E-state index in [0.29, 0.717) is 17.9 Å². The van der Waals surface area contributed by atoms with Gasteiger partial charge in [-0.1, -0.05) is 27.2 Å². The molecule has 0 radical (unpaired) electrons. The molecule has 0 atom stereocenters. The standard InChI is InChI=1S/C19H29N3O/c1-19(2,3)15-7-10-20-17(13-15)21-16-8-11-22(12-9-16)18(23)14-5-4-6-14/h7,10,13-14,16H,4-6,8-9,11-12H2,1-3H3,(H,20,21). The minimum Gasteiger partial charge on any atom is -0.367 e. The Hall–Kier alpha value is -1.58. The van der Waals surface area contributed by atoms with Crippen LogP contribution in [0.1, 0.15) is 58.4 Å². The summed E-state index contributed by atoms with van der Waals surface area (Å²) in [5.74, 6) is 1.67. The van der Waals surface area contributed by atoms with Crippen molar-refractivity contribution < 1.29 is 4.79 Å². The van der Waals surface area contributed by atoms with Gasteiger partial charge >= 0.3 is 0 Å². The molecule has 1 aliphatic carbocycles. The van der Waals surface area contributed by atoms with Crippen LogP contribution >= 0.6 is 0 Å². The second kappa shape index (κ2) is 6.50. The van der Waals surface area contributed by atoms with Crippen molar-refractivity contribution in [2.75, 3.05) is 18.4 Å². The van der Waals surface area contributed by atoms with Crippen LogP contribution in [0.25, 0.3) is 0 Å². The SMILES string of the molecule is CC(C)(C)c1ccnc(NC2CCN(C(=O)C3CCC3)CC2)c1. The van der Waals surface area contributed by atoms with Crippen molar-refractivity contribution in [1.29, 1.82) is 0 Å². The quantitative estimate of drug-likeness (QED) is 0.927. The van der Waals surface area contributed by atoms with E-state index in [0.717, 1.165) is 44.6 Å². The molecule has 2 fully saturated rings. The minimum atomic E-state index is 0.137. The molecule has 1 aliphatic heterocycles. The number of piperidine rings is 1. The summed E-state index contributed by atoms with van der Waals surface area (Å²) in [4.78, 5) is 18.8. The van der Waals surface area contributed by atoms with Gasteiger partial charge in [0, 0.05) is 31.2 Å². The van der Waals surface area contributed by atoms with Gasteiger partial charge in [-0.15, -0.1) is 0 Å². The zero-order valence-corrected chi connectivity index (χ0v) is 14.6. The lowest BCUT2D eigenvalue weighted by Gasteiger charge is -2.37. The number of hydrogen-bond donors (Lipinski definition) is 1. The first-order valence-electron chi connectivity index (χ1n) is 8.95. The summed E-state index contributed by atoms with van der Waals surface area (Å²) in [6, 6.07) is 4.67. The number of likely N-dealkylation sites (tertiary alicyclic amines) is 1. The maximum absolute atomic E-state index is 12.3. The number of pyridine rings is 1. The number of amides is 1. The van der Waals surface area contributed by atoms with Crippen molar-refractivity contribution in [3.63, 3.8) is 0 Å². The van der Waals surface area contributed by atoms with Crippen LogP contribution in [0.4, 0.5) is 5.82 Å². The second-order valence-electron chi connectivity index (χ2n) is 8.05. The highest BCUT2D eigenvalue weighted by molar-refractivity contribution is 5.79. The van der Waals surface area contributed by atoms with E-state index in [-0.39, 0.29) is 5.41 Å². The van der Waals surface area contributed by atoms with Crippen LogP contribution in [-0.4, -0.2) is 34.9 Å².